The third-order valence-corrected chi connectivity index (χ3v) is 5.07. The SMILES string of the molecule is CC(NS(=O)(=O)c1cc([N+](=O)[O-])ccc1Cl)c1ccccc1. The quantitative estimate of drug-likeness (QED) is 0.668. The first-order valence-electron chi connectivity index (χ1n) is 6.32. The van der Waals surface area contributed by atoms with Gasteiger partial charge in [-0.25, -0.2) is 13.1 Å². The molecule has 0 saturated heterocycles. The van der Waals surface area contributed by atoms with Crippen LogP contribution < -0.4 is 4.72 Å². The summed E-state index contributed by atoms with van der Waals surface area (Å²) in [5.74, 6) is 0. The highest BCUT2D eigenvalue weighted by molar-refractivity contribution is 7.89. The second kappa shape index (κ2) is 6.43. The smallest absolute Gasteiger partial charge is 0.258 e. The van der Waals surface area contributed by atoms with Crippen molar-refractivity contribution in [3.63, 3.8) is 0 Å². The summed E-state index contributed by atoms with van der Waals surface area (Å²) < 4.78 is 27.2. The molecule has 0 aliphatic rings. The first kappa shape index (κ1) is 16.4. The van der Waals surface area contributed by atoms with Crippen molar-refractivity contribution in [2.45, 2.75) is 17.9 Å². The first-order valence-corrected chi connectivity index (χ1v) is 8.18. The zero-order valence-electron chi connectivity index (χ0n) is 11.6. The number of non-ortho nitro benzene ring substituents is 1. The standard InChI is InChI=1S/C14H13ClN2O4S/c1-10(11-5-3-2-4-6-11)16-22(20,21)14-9-12(17(18)19)7-8-13(14)15/h2-10,16H,1H3. The number of rotatable bonds is 5. The van der Waals surface area contributed by atoms with Crippen molar-refractivity contribution >= 4 is 27.3 Å². The van der Waals surface area contributed by atoms with Crippen LogP contribution in [0.1, 0.15) is 18.5 Å². The predicted octanol–water partition coefficient (Wildman–Crippen LogP) is 3.29. The summed E-state index contributed by atoms with van der Waals surface area (Å²) in [5.41, 5.74) is 0.435. The molecule has 2 aromatic carbocycles. The topological polar surface area (TPSA) is 89.3 Å². The molecule has 116 valence electrons. The molecule has 0 radical (unpaired) electrons. The van der Waals surface area contributed by atoms with Gasteiger partial charge in [0.1, 0.15) is 4.90 Å². The van der Waals surface area contributed by atoms with Gasteiger partial charge in [-0.3, -0.25) is 10.1 Å². The zero-order valence-corrected chi connectivity index (χ0v) is 13.1. The maximum Gasteiger partial charge on any atom is 0.270 e. The molecule has 0 saturated carbocycles. The van der Waals surface area contributed by atoms with Crippen LogP contribution in [0.3, 0.4) is 0 Å². The molecule has 0 spiro atoms. The Bertz CT molecular complexity index is 794. The molecular weight excluding hydrogens is 328 g/mol. The molecule has 1 unspecified atom stereocenters. The lowest BCUT2D eigenvalue weighted by atomic mass is 10.1. The molecule has 0 aliphatic heterocycles. The summed E-state index contributed by atoms with van der Waals surface area (Å²) in [6.45, 7) is 1.68. The normalized spacial score (nSPS) is 12.8. The van der Waals surface area contributed by atoms with E-state index < -0.39 is 21.0 Å². The van der Waals surface area contributed by atoms with E-state index in [4.69, 9.17) is 11.6 Å². The van der Waals surface area contributed by atoms with Crippen molar-refractivity contribution in [1.82, 2.24) is 4.72 Å². The lowest BCUT2D eigenvalue weighted by molar-refractivity contribution is -0.385. The van der Waals surface area contributed by atoms with E-state index in [1.807, 2.05) is 6.07 Å². The number of sulfonamides is 1. The minimum atomic E-state index is -3.98. The maximum absolute atomic E-state index is 12.4. The second-order valence-corrected chi connectivity index (χ2v) is 6.72. The van der Waals surface area contributed by atoms with Crippen molar-refractivity contribution in [1.29, 1.82) is 0 Å². The summed E-state index contributed by atoms with van der Waals surface area (Å²) >= 11 is 5.87. The second-order valence-electron chi connectivity index (χ2n) is 4.63. The monoisotopic (exact) mass is 340 g/mol. The number of nitro benzene ring substituents is 1. The molecule has 1 atom stereocenters. The van der Waals surface area contributed by atoms with Crippen LogP contribution >= 0.6 is 11.6 Å². The molecule has 8 heteroatoms. The first-order chi connectivity index (χ1) is 10.3. The minimum Gasteiger partial charge on any atom is -0.258 e. The molecule has 0 aromatic heterocycles. The third kappa shape index (κ3) is 3.62. The van der Waals surface area contributed by atoms with Gasteiger partial charge in [-0.15, -0.1) is 0 Å². The lowest BCUT2D eigenvalue weighted by Crippen LogP contribution is -2.27. The van der Waals surface area contributed by atoms with Crippen LogP contribution in [0.25, 0.3) is 0 Å². The van der Waals surface area contributed by atoms with Crippen LogP contribution in [0.15, 0.2) is 53.4 Å². The molecule has 0 fully saturated rings. The van der Waals surface area contributed by atoms with Gasteiger partial charge >= 0.3 is 0 Å². The van der Waals surface area contributed by atoms with E-state index in [0.29, 0.717) is 0 Å². The molecular formula is C14H13ClN2O4S. The highest BCUT2D eigenvalue weighted by atomic mass is 35.5. The fourth-order valence-corrected chi connectivity index (χ4v) is 3.67. The summed E-state index contributed by atoms with van der Waals surface area (Å²) in [5, 5.41) is 10.7. The summed E-state index contributed by atoms with van der Waals surface area (Å²) in [4.78, 5) is 9.80. The molecule has 0 heterocycles. The molecule has 0 aliphatic carbocycles. The Labute approximate surface area is 132 Å². The number of nitro groups is 1. The largest absolute Gasteiger partial charge is 0.270 e. The van der Waals surface area contributed by atoms with E-state index in [1.54, 1.807) is 31.2 Å². The fourth-order valence-electron chi connectivity index (χ4n) is 1.92. The van der Waals surface area contributed by atoms with Crippen molar-refractivity contribution in [3.05, 3.63) is 69.2 Å². The van der Waals surface area contributed by atoms with Gasteiger partial charge in [0.15, 0.2) is 0 Å². The highest BCUT2D eigenvalue weighted by Gasteiger charge is 2.23. The molecule has 1 N–H and O–H groups in total. The maximum atomic E-state index is 12.4. The van der Waals surface area contributed by atoms with E-state index in [1.165, 1.54) is 6.07 Å². The number of halogens is 1. The molecule has 2 aromatic rings. The van der Waals surface area contributed by atoms with Gasteiger partial charge in [0.25, 0.3) is 5.69 Å². The Morgan fingerprint density at radius 1 is 1.18 bits per heavy atom. The number of nitrogens with one attached hydrogen (secondary N) is 1. The van der Waals surface area contributed by atoms with Crippen LogP contribution in [-0.2, 0) is 10.0 Å². The molecule has 0 amide bonds. The third-order valence-electron chi connectivity index (χ3n) is 3.05. The van der Waals surface area contributed by atoms with Crippen LogP contribution in [0.2, 0.25) is 5.02 Å². The van der Waals surface area contributed by atoms with Crippen LogP contribution in [0.5, 0.6) is 0 Å². The number of hydrogen-bond donors (Lipinski definition) is 1. The van der Waals surface area contributed by atoms with Gasteiger partial charge in [0.05, 0.1) is 9.95 Å². The Morgan fingerprint density at radius 2 is 1.82 bits per heavy atom. The van der Waals surface area contributed by atoms with Crippen molar-refractivity contribution < 1.29 is 13.3 Å². The van der Waals surface area contributed by atoms with Gasteiger partial charge in [0.2, 0.25) is 10.0 Å². The summed E-state index contributed by atoms with van der Waals surface area (Å²) in [6.07, 6.45) is 0. The molecule has 6 nitrogen and oxygen atoms in total. The number of benzene rings is 2. The summed E-state index contributed by atoms with van der Waals surface area (Å²) in [7, 11) is -3.98. The van der Waals surface area contributed by atoms with E-state index in [2.05, 4.69) is 4.72 Å². The van der Waals surface area contributed by atoms with Gasteiger partial charge < -0.3 is 0 Å². The highest BCUT2D eigenvalue weighted by Crippen LogP contribution is 2.27. The number of hydrogen-bond acceptors (Lipinski definition) is 4. The van der Waals surface area contributed by atoms with Gasteiger partial charge in [-0.2, -0.15) is 0 Å². The van der Waals surface area contributed by atoms with E-state index >= 15 is 0 Å². The Kier molecular flexibility index (Phi) is 4.80. The van der Waals surface area contributed by atoms with E-state index in [-0.39, 0.29) is 15.6 Å². The predicted molar refractivity (Wildman–Crippen MR) is 83.3 cm³/mol. The molecule has 22 heavy (non-hydrogen) atoms. The van der Waals surface area contributed by atoms with Crippen molar-refractivity contribution in [3.8, 4) is 0 Å². The summed E-state index contributed by atoms with van der Waals surface area (Å²) in [6, 6.07) is 11.8. The Morgan fingerprint density at radius 3 is 2.41 bits per heavy atom. The van der Waals surface area contributed by atoms with Gasteiger partial charge in [0, 0.05) is 18.2 Å². The van der Waals surface area contributed by atoms with Crippen LogP contribution in [0.4, 0.5) is 5.69 Å². The van der Waals surface area contributed by atoms with E-state index in [9.17, 15) is 18.5 Å². The lowest BCUT2D eigenvalue weighted by Gasteiger charge is -2.15. The number of nitrogens with zero attached hydrogens (tertiary/aromatic N) is 1. The van der Waals surface area contributed by atoms with Crippen molar-refractivity contribution in [2.75, 3.05) is 0 Å². The molecule has 0 bridgehead atoms. The average molecular weight is 341 g/mol. The average Bonchev–Trinajstić information content (AvgIpc) is 2.47. The van der Waals surface area contributed by atoms with Gasteiger partial charge in [-0.1, -0.05) is 41.9 Å². The Balaban J connectivity index is 2.35. The van der Waals surface area contributed by atoms with Crippen LogP contribution in [-0.4, -0.2) is 13.3 Å². The fraction of sp³-hybridized carbons (Fsp3) is 0.143. The zero-order chi connectivity index (χ0) is 16.3. The minimum absolute atomic E-state index is 0.0710. The molecule has 2 rings (SSSR count). The van der Waals surface area contributed by atoms with Gasteiger partial charge in [-0.05, 0) is 18.6 Å². The Hall–Kier alpha value is -1.96. The van der Waals surface area contributed by atoms with Crippen LogP contribution in [0, 0.1) is 10.1 Å². The van der Waals surface area contributed by atoms with Crippen molar-refractivity contribution in [2.24, 2.45) is 0 Å². The van der Waals surface area contributed by atoms with E-state index in [0.717, 1.165) is 17.7 Å².